The molecule has 1 heterocycles. The summed E-state index contributed by atoms with van der Waals surface area (Å²) in [5.41, 5.74) is 3.71. The molecule has 1 unspecified atom stereocenters. The number of benzene rings is 2. The molecule has 0 aromatic heterocycles. The lowest BCUT2D eigenvalue weighted by atomic mass is 9.76. The fourth-order valence-electron chi connectivity index (χ4n) is 7.27. The van der Waals surface area contributed by atoms with Crippen LogP contribution in [0.25, 0.3) is 0 Å². The summed E-state index contributed by atoms with van der Waals surface area (Å²) in [5, 5.41) is 3.09. The van der Waals surface area contributed by atoms with Crippen LogP contribution in [-0.2, 0) is 19.6 Å². The van der Waals surface area contributed by atoms with Crippen LogP contribution in [0.4, 0.5) is 0 Å². The monoisotopic (exact) mass is 627 g/mol. The van der Waals surface area contributed by atoms with Gasteiger partial charge < -0.3 is 19.7 Å². The smallest absolute Gasteiger partial charge is 0.246 e. The zero-order chi connectivity index (χ0) is 31.9. The first-order valence-corrected chi connectivity index (χ1v) is 17.7. The number of rotatable bonds is 13. The van der Waals surface area contributed by atoms with Gasteiger partial charge in [-0.3, -0.25) is 4.79 Å². The summed E-state index contributed by atoms with van der Waals surface area (Å²) in [6.07, 6.45) is 7.04. The molecular formula is C35H53N3O5S. The van der Waals surface area contributed by atoms with Gasteiger partial charge in [0.15, 0.2) is 0 Å². The van der Waals surface area contributed by atoms with E-state index in [-0.39, 0.29) is 12.5 Å². The van der Waals surface area contributed by atoms with Crippen LogP contribution in [0.5, 0.6) is 5.75 Å². The molecule has 1 saturated carbocycles. The minimum Gasteiger partial charge on any atom is -0.496 e. The van der Waals surface area contributed by atoms with Crippen LogP contribution < -0.4 is 10.1 Å². The summed E-state index contributed by atoms with van der Waals surface area (Å²) in [5.74, 6) is 2.20. The SMILES string of the molecule is COc1cc(C)c(S(=O)(=O)N2CCC(CCOCC(=O)NCC3CCC(C(c4ccccc4)N(C)C)CC3)CC2)c(C)c1C. The van der Waals surface area contributed by atoms with Gasteiger partial charge in [0.25, 0.3) is 0 Å². The van der Waals surface area contributed by atoms with Crippen molar-refractivity contribution in [2.24, 2.45) is 17.8 Å². The third-order valence-corrected chi connectivity index (χ3v) is 12.1. The maximum Gasteiger partial charge on any atom is 0.246 e. The number of carbonyl (C=O) groups excluding carboxylic acids is 1. The molecule has 1 N–H and O–H groups in total. The number of aryl methyl sites for hydroxylation is 1. The molecule has 44 heavy (non-hydrogen) atoms. The Labute approximate surface area is 265 Å². The van der Waals surface area contributed by atoms with E-state index in [2.05, 4.69) is 54.6 Å². The number of hydrogen-bond acceptors (Lipinski definition) is 6. The minimum atomic E-state index is -3.58. The third kappa shape index (κ3) is 8.42. The third-order valence-electron chi connectivity index (χ3n) is 9.90. The zero-order valence-corrected chi connectivity index (χ0v) is 28.4. The molecule has 2 aliphatic rings. The number of sulfonamides is 1. The molecule has 2 fully saturated rings. The van der Waals surface area contributed by atoms with Crippen molar-refractivity contribution in [1.82, 2.24) is 14.5 Å². The molecular weight excluding hydrogens is 574 g/mol. The van der Waals surface area contributed by atoms with Gasteiger partial charge in [0, 0.05) is 32.3 Å². The fraction of sp³-hybridized carbons (Fsp3) is 0.629. The molecule has 0 spiro atoms. The van der Waals surface area contributed by atoms with Crippen LogP contribution in [0, 0.1) is 38.5 Å². The number of piperidine rings is 1. The van der Waals surface area contributed by atoms with Gasteiger partial charge in [-0.1, -0.05) is 30.3 Å². The molecule has 0 bridgehead atoms. The maximum atomic E-state index is 13.5. The maximum absolute atomic E-state index is 13.5. The van der Waals surface area contributed by atoms with Gasteiger partial charge in [-0.2, -0.15) is 4.31 Å². The quantitative estimate of drug-likeness (QED) is 0.289. The van der Waals surface area contributed by atoms with Gasteiger partial charge >= 0.3 is 0 Å². The van der Waals surface area contributed by atoms with E-state index < -0.39 is 10.0 Å². The Morgan fingerprint density at radius 3 is 2.25 bits per heavy atom. The van der Waals surface area contributed by atoms with Gasteiger partial charge in [0.05, 0.1) is 12.0 Å². The van der Waals surface area contributed by atoms with Crippen LogP contribution in [0.1, 0.15) is 73.2 Å². The number of carbonyl (C=O) groups is 1. The minimum absolute atomic E-state index is 0.0518. The van der Waals surface area contributed by atoms with E-state index in [1.807, 2.05) is 26.8 Å². The summed E-state index contributed by atoms with van der Waals surface area (Å²) in [6, 6.07) is 13.0. The van der Waals surface area contributed by atoms with Crippen molar-refractivity contribution in [1.29, 1.82) is 0 Å². The Balaban J connectivity index is 1.13. The molecule has 2 aromatic rings. The van der Waals surface area contributed by atoms with Crippen molar-refractivity contribution in [3.05, 3.63) is 58.7 Å². The number of ether oxygens (including phenoxy) is 2. The molecule has 1 aliphatic carbocycles. The van der Waals surface area contributed by atoms with Gasteiger partial charge in [-0.15, -0.1) is 0 Å². The largest absolute Gasteiger partial charge is 0.496 e. The van der Waals surface area contributed by atoms with Crippen LogP contribution in [0.2, 0.25) is 0 Å². The molecule has 9 heteroatoms. The van der Waals surface area contributed by atoms with Gasteiger partial charge in [-0.05, 0) is 126 Å². The van der Waals surface area contributed by atoms with Gasteiger partial charge in [-0.25, -0.2) is 8.42 Å². The number of methoxy groups -OCH3 is 1. The average Bonchev–Trinajstić information content (AvgIpc) is 3.01. The van der Waals surface area contributed by atoms with Crippen LogP contribution >= 0.6 is 0 Å². The van der Waals surface area contributed by atoms with E-state index in [0.29, 0.717) is 66.2 Å². The van der Waals surface area contributed by atoms with E-state index in [1.165, 1.54) is 18.4 Å². The molecule has 1 saturated heterocycles. The normalized spacial score (nSPS) is 20.9. The van der Waals surface area contributed by atoms with Crippen molar-refractivity contribution in [3.8, 4) is 5.75 Å². The highest BCUT2D eigenvalue weighted by molar-refractivity contribution is 7.89. The van der Waals surface area contributed by atoms with Crippen molar-refractivity contribution in [2.45, 2.75) is 76.7 Å². The van der Waals surface area contributed by atoms with Crippen molar-refractivity contribution >= 4 is 15.9 Å². The predicted molar refractivity (Wildman–Crippen MR) is 175 cm³/mol. The first kappa shape index (κ1) is 34.4. The van der Waals surface area contributed by atoms with Crippen molar-refractivity contribution < 1.29 is 22.7 Å². The molecule has 1 aliphatic heterocycles. The summed E-state index contributed by atoms with van der Waals surface area (Å²) >= 11 is 0. The lowest BCUT2D eigenvalue weighted by Crippen LogP contribution is -2.39. The summed E-state index contributed by atoms with van der Waals surface area (Å²) in [7, 11) is 2.37. The van der Waals surface area contributed by atoms with E-state index in [9.17, 15) is 13.2 Å². The topological polar surface area (TPSA) is 88.2 Å². The fourth-order valence-corrected chi connectivity index (χ4v) is 9.23. The Bertz CT molecular complexity index is 1330. The Hall–Kier alpha value is -2.46. The lowest BCUT2D eigenvalue weighted by Gasteiger charge is -2.37. The van der Waals surface area contributed by atoms with E-state index in [4.69, 9.17) is 9.47 Å². The Morgan fingerprint density at radius 2 is 1.64 bits per heavy atom. The Kier molecular flexibility index (Phi) is 12.3. The lowest BCUT2D eigenvalue weighted by molar-refractivity contribution is -0.126. The van der Waals surface area contributed by atoms with Crippen LogP contribution in [0.15, 0.2) is 41.3 Å². The molecule has 4 rings (SSSR count). The molecule has 2 aromatic carbocycles. The second kappa shape index (κ2) is 15.7. The number of nitrogens with one attached hydrogen (secondary N) is 1. The number of hydrogen-bond donors (Lipinski definition) is 1. The standard InChI is InChI=1S/C35H53N3O5S/c1-25-22-32(42-6)26(2)27(3)35(25)44(40,41)38-19-16-28(17-20-38)18-21-43-24-33(39)36-23-29-12-14-31(15-13-29)34(37(4)5)30-10-8-7-9-11-30/h7-11,22,28-29,31,34H,12-21,23-24H2,1-6H3,(H,36,39). The van der Waals surface area contributed by atoms with Crippen molar-refractivity contribution in [2.75, 3.05) is 54.1 Å². The first-order valence-electron chi connectivity index (χ1n) is 16.2. The number of nitrogens with zero attached hydrogens (tertiary/aromatic N) is 2. The first-order chi connectivity index (χ1) is 21.0. The summed E-state index contributed by atoms with van der Waals surface area (Å²) in [6.45, 7) is 7.90. The second-order valence-electron chi connectivity index (χ2n) is 13.1. The van der Waals surface area contributed by atoms with Crippen molar-refractivity contribution in [3.63, 3.8) is 0 Å². The molecule has 1 atom stereocenters. The number of amides is 1. The Morgan fingerprint density at radius 1 is 0.977 bits per heavy atom. The highest BCUT2D eigenvalue weighted by Crippen LogP contribution is 2.39. The highest BCUT2D eigenvalue weighted by Gasteiger charge is 2.33. The van der Waals surface area contributed by atoms with Gasteiger partial charge in [0.2, 0.25) is 15.9 Å². The van der Waals surface area contributed by atoms with E-state index >= 15 is 0 Å². The van der Waals surface area contributed by atoms with Gasteiger partial charge in [0.1, 0.15) is 12.4 Å². The average molecular weight is 628 g/mol. The zero-order valence-electron chi connectivity index (χ0n) is 27.6. The molecule has 8 nitrogen and oxygen atoms in total. The molecule has 1 amide bonds. The van der Waals surface area contributed by atoms with E-state index in [1.54, 1.807) is 11.4 Å². The summed E-state index contributed by atoms with van der Waals surface area (Å²) < 4.78 is 39.9. The molecule has 244 valence electrons. The summed E-state index contributed by atoms with van der Waals surface area (Å²) in [4.78, 5) is 15.2. The molecule has 0 radical (unpaired) electrons. The van der Waals surface area contributed by atoms with Crippen LogP contribution in [0.3, 0.4) is 0 Å². The second-order valence-corrected chi connectivity index (χ2v) is 14.9. The van der Waals surface area contributed by atoms with E-state index in [0.717, 1.165) is 43.2 Å². The highest BCUT2D eigenvalue weighted by atomic mass is 32.2. The van der Waals surface area contributed by atoms with Crippen LogP contribution in [-0.4, -0.2) is 77.6 Å². The predicted octanol–water partition coefficient (Wildman–Crippen LogP) is 5.65.